The Balaban J connectivity index is 0.00000264. The molecule has 2 atom stereocenters. The zero-order chi connectivity index (χ0) is 15.9. The Labute approximate surface area is 133 Å². The molecule has 4 N–H and O–H groups in total. The number of likely N-dealkylation sites (tertiary alicyclic amines) is 1. The molecule has 1 fully saturated rings. The maximum absolute atomic E-state index is 12.3. The SMILES string of the molecule is C[C@@H](C(=O)Nc1ccccn1)N1CCCC(/C(N)=C/C=N)C1.[HH].[HH]. The van der Waals surface area contributed by atoms with Gasteiger partial charge >= 0.3 is 0 Å². The summed E-state index contributed by atoms with van der Waals surface area (Å²) < 4.78 is 0. The Bertz CT molecular complexity index is 553. The molecule has 0 saturated carbocycles. The van der Waals surface area contributed by atoms with Crippen molar-refractivity contribution < 1.29 is 7.65 Å². The first-order valence-corrected chi connectivity index (χ1v) is 7.54. The zero-order valence-electron chi connectivity index (χ0n) is 12.8. The van der Waals surface area contributed by atoms with Crippen molar-refractivity contribution in [3.8, 4) is 0 Å². The van der Waals surface area contributed by atoms with Gasteiger partial charge in [-0.1, -0.05) is 6.07 Å². The smallest absolute Gasteiger partial charge is 0.242 e. The van der Waals surface area contributed by atoms with Crippen LogP contribution in [-0.2, 0) is 4.79 Å². The first-order chi connectivity index (χ1) is 10.6. The number of amides is 1. The second kappa shape index (κ2) is 7.70. The molecule has 1 unspecified atom stereocenters. The third-order valence-corrected chi connectivity index (χ3v) is 4.04. The molecule has 1 aliphatic heterocycles. The largest absolute Gasteiger partial charge is 0.402 e. The van der Waals surface area contributed by atoms with E-state index in [1.165, 1.54) is 6.21 Å². The molecule has 1 amide bonds. The molecular formula is C16H27N5O. The molecule has 22 heavy (non-hydrogen) atoms. The Kier molecular flexibility index (Phi) is 5.66. The molecule has 0 spiro atoms. The summed E-state index contributed by atoms with van der Waals surface area (Å²) in [5.41, 5.74) is 6.71. The number of nitrogens with one attached hydrogen (secondary N) is 2. The van der Waals surface area contributed by atoms with Crippen molar-refractivity contribution in [2.45, 2.75) is 25.8 Å². The summed E-state index contributed by atoms with van der Waals surface area (Å²) >= 11 is 0. The molecule has 6 nitrogen and oxygen atoms in total. The lowest BCUT2D eigenvalue weighted by atomic mass is 9.93. The number of pyridine rings is 1. The highest BCUT2D eigenvalue weighted by atomic mass is 16.2. The highest BCUT2D eigenvalue weighted by Crippen LogP contribution is 2.22. The predicted molar refractivity (Wildman–Crippen MR) is 91.9 cm³/mol. The van der Waals surface area contributed by atoms with E-state index < -0.39 is 0 Å². The van der Waals surface area contributed by atoms with Crippen LogP contribution < -0.4 is 11.1 Å². The van der Waals surface area contributed by atoms with Gasteiger partial charge in [0.2, 0.25) is 5.91 Å². The molecule has 0 radical (unpaired) electrons. The van der Waals surface area contributed by atoms with Crippen LogP contribution in [0.3, 0.4) is 0 Å². The fourth-order valence-corrected chi connectivity index (χ4v) is 2.70. The van der Waals surface area contributed by atoms with Crippen molar-refractivity contribution in [1.29, 1.82) is 5.41 Å². The fraction of sp³-hybridized carbons (Fsp3) is 0.438. The van der Waals surface area contributed by atoms with Crippen LogP contribution in [0.4, 0.5) is 5.82 Å². The lowest BCUT2D eigenvalue weighted by Gasteiger charge is -2.36. The van der Waals surface area contributed by atoms with Crippen LogP contribution >= 0.6 is 0 Å². The Morgan fingerprint density at radius 3 is 3.14 bits per heavy atom. The summed E-state index contributed by atoms with van der Waals surface area (Å²) in [7, 11) is 0. The Morgan fingerprint density at radius 1 is 1.64 bits per heavy atom. The lowest BCUT2D eigenvalue weighted by molar-refractivity contribution is -0.121. The number of anilines is 1. The maximum Gasteiger partial charge on any atom is 0.242 e. The minimum atomic E-state index is -0.238. The van der Waals surface area contributed by atoms with Crippen LogP contribution in [-0.4, -0.2) is 41.1 Å². The van der Waals surface area contributed by atoms with E-state index in [9.17, 15) is 4.79 Å². The average molecular weight is 305 g/mol. The van der Waals surface area contributed by atoms with Crippen molar-refractivity contribution in [3.63, 3.8) is 0 Å². The van der Waals surface area contributed by atoms with Gasteiger partial charge in [-0.3, -0.25) is 9.69 Å². The molecule has 0 bridgehead atoms. The van der Waals surface area contributed by atoms with Gasteiger partial charge in [-0.25, -0.2) is 4.98 Å². The third kappa shape index (κ3) is 4.14. The normalized spacial score (nSPS) is 21.1. The monoisotopic (exact) mass is 305 g/mol. The van der Waals surface area contributed by atoms with E-state index in [1.54, 1.807) is 18.3 Å². The minimum Gasteiger partial charge on any atom is -0.402 e. The van der Waals surface area contributed by atoms with Crippen molar-refractivity contribution in [3.05, 3.63) is 36.2 Å². The summed E-state index contributed by atoms with van der Waals surface area (Å²) in [5.74, 6) is 0.713. The average Bonchev–Trinajstić information content (AvgIpc) is 2.55. The first kappa shape index (κ1) is 16.2. The van der Waals surface area contributed by atoms with E-state index in [0.717, 1.165) is 31.6 Å². The van der Waals surface area contributed by atoms with Crippen molar-refractivity contribution in [2.75, 3.05) is 18.4 Å². The summed E-state index contributed by atoms with van der Waals surface area (Å²) in [6.07, 6.45) is 6.50. The van der Waals surface area contributed by atoms with E-state index in [2.05, 4.69) is 15.2 Å². The van der Waals surface area contributed by atoms with Gasteiger partial charge in [0.15, 0.2) is 0 Å². The van der Waals surface area contributed by atoms with Crippen molar-refractivity contribution in [1.82, 2.24) is 9.88 Å². The molecule has 0 aliphatic carbocycles. The summed E-state index contributed by atoms with van der Waals surface area (Å²) in [4.78, 5) is 18.6. The minimum absolute atomic E-state index is 0. The molecule has 2 rings (SSSR count). The quantitative estimate of drug-likeness (QED) is 0.726. The number of carbonyl (C=O) groups excluding carboxylic acids is 1. The molecular weight excluding hydrogens is 278 g/mol. The number of carbonyl (C=O) groups is 1. The van der Waals surface area contributed by atoms with Gasteiger partial charge in [0.25, 0.3) is 0 Å². The van der Waals surface area contributed by atoms with Gasteiger partial charge in [-0.05, 0) is 44.5 Å². The maximum atomic E-state index is 12.3. The van der Waals surface area contributed by atoms with Crippen molar-refractivity contribution >= 4 is 17.9 Å². The topological polar surface area (TPSA) is 95.1 Å². The second-order valence-electron chi connectivity index (χ2n) is 5.55. The molecule has 122 valence electrons. The van der Waals surface area contributed by atoms with Gasteiger partial charge in [0.05, 0.1) is 6.04 Å². The van der Waals surface area contributed by atoms with Crippen LogP contribution in [0.25, 0.3) is 0 Å². The molecule has 1 saturated heterocycles. The highest BCUT2D eigenvalue weighted by molar-refractivity contribution is 5.93. The first-order valence-electron chi connectivity index (χ1n) is 7.54. The summed E-state index contributed by atoms with van der Waals surface area (Å²) in [5, 5.41) is 9.95. The molecule has 1 aromatic rings. The van der Waals surface area contributed by atoms with Gasteiger partial charge in [-0.15, -0.1) is 0 Å². The number of aromatic nitrogens is 1. The molecule has 1 aliphatic rings. The van der Waals surface area contributed by atoms with Crippen LogP contribution in [0.1, 0.15) is 22.6 Å². The third-order valence-electron chi connectivity index (χ3n) is 4.04. The van der Waals surface area contributed by atoms with Crippen LogP contribution in [0.5, 0.6) is 0 Å². The van der Waals surface area contributed by atoms with Gasteiger partial charge in [0.1, 0.15) is 5.82 Å². The number of nitrogens with two attached hydrogens (primary N) is 1. The van der Waals surface area contributed by atoms with Crippen LogP contribution in [0, 0.1) is 11.3 Å². The van der Waals surface area contributed by atoms with E-state index in [0.29, 0.717) is 5.82 Å². The Hall–Kier alpha value is -2.21. The van der Waals surface area contributed by atoms with Crippen molar-refractivity contribution in [2.24, 2.45) is 11.7 Å². The number of hydrogen-bond donors (Lipinski definition) is 3. The van der Waals surface area contributed by atoms with Crippen LogP contribution in [0.2, 0.25) is 0 Å². The van der Waals surface area contributed by atoms with Gasteiger partial charge in [-0.2, -0.15) is 0 Å². The molecule has 6 heteroatoms. The van der Waals surface area contributed by atoms with E-state index in [1.807, 2.05) is 19.1 Å². The Morgan fingerprint density at radius 2 is 2.45 bits per heavy atom. The number of nitrogens with zero attached hydrogens (tertiary/aromatic N) is 2. The standard InChI is InChI=1S/C16H23N5O.2H2/c1-12(16(22)20-15-6-2-3-9-19-15)21-10-4-5-13(11-21)14(18)7-8-17;;/h2-3,6-9,12-13,17H,4-5,10-11,18H2,1H3,(H,19,20,22);2*1H/b14-7-,17-8?;;/t12-,13?;;/m0../s1. The van der Waals surface area contributed by atoms with Gasteiger partial charge in [0, 0.05) is 33.4 Å². The number of allylic oxidation sites excluding steroid dienone is 1. The number of hydrogen-bond acceptors (Lipinski definition) is 5. The van der Waals surface area contributed by atoms with Gasteiger partial charge < -0.3 is 16.5 Å². The molecule has 0 aromatic carbocycles. The summed E-state index contributed by atoms with van der Waals surface area (Å²) in [6, 6.07) is 5.19. The fourth-order valence-electron chi connectivity index (χ4n) is 2.70. The second-order valence-corrected chi connectivity index (χ2v) is 5.55. The van der Waals surface area contributed by atoms with E-state index in [-0.39, 0.29) is 20.7 Å². The molecule has 1 aromatic heterocycles. The predicted octanol–water partition coefficient (Wildman–Crippen LogP) is 2.10. The highest BCUT2D eigenvalue weighted by Gasteiger charge is 2.28. The lowest BCUT2D eigenvalue weighted by Crippen LogP contribution is -2.47. The number of rotatable bonds is 5. The zero-order valence-corrected chi connectivity index (χ0v) is 12.8. The number of piperidine rings is 1. The van der Waals surface area contributed by atoms with Crippen LogP contribution in [0.15, 0.2) is 36.2 Å². The van der Waals surface area contributed by atoms with E-state index >= 15 is 0 Å². The molecule has 2 heterocycles. The van der Waals surface area contributed by atoms with E-state index in [4.69, 9.17) is 11.1 Å². The summed E-state index contributed by atoms with van der Waals surface area (Å²) in [6.45, 7) is 3.52.